The Morgan fingerprint density at radius 2 is 1.59 bits per heavy atom. The normalized spacial score (nSPS) is 10.8. The molecule has 3 rings (SSSR count). The molecule has 0 unspecified atom stereocenters. The molecule has 0 radical (unpaired) electrons. The quantitative estimate of drug-likeness (QED) is 0.348. The summed E-state index contributed by atoms with van der Waals surface area (Å²) in [6.45, 7) is 4.84. The second-order valence-electron chi connectivity index (χ2n) is 7.74. The molecule has 0 atom stereocenters. The molecule has 5 nitrogen and oxygen atoms in total. The number of hydrogen-bond acceptors (Lipinski definition) is 4. The van der Waals surface area contributed by atoms with E-state index in [4.69, 9.17) is 9.47 Å². The van der Waals surface area contributed by atoms with Gasteiger partial charge in [-0.05, 0) is 59.5 Å². The lowest BCUT2D eigenvalue weighted by Gasteiger charge is -2.08. The van der Waals surface area contributed by atoms with Crippen LogP contribution < -0.4 is 10.1 Å². The van der Waals surface area contributed by atoms with Crippen LogP contribution in [0.3, 0.4) is 0 Å². The molecule has 0 saturated carbocycles. The molecule has 3 aromatic carbocycles. The van der Waals surface area contributed by atoms with Crippen molar-refractivity contribution in [2.45, 2.75) is 20.5 Å². The molecule has 5 heteroatoms. The molecule has 3 aromatic rings. The first-order chi connectivity index (χ1) is 15.5. The van der Waals surface area contributed by atoms with Gasteiger partial charge in [0.1, 0.15) is 12.4 Å². The summed E-state index contributed by atoms with van der Waals surface area (Å²) in [5.74, 6) is 0.419. The third-order valence-corrected chi connectivity index (χ3v) is 4.49. The number of nitrogens with one attached hydrogen (secondary N) is 1. The van der Waals surface area contributed by atoms with Crippen LogP contribution >= 0.6 is 0 Å². The van der Waals surface area contributed by atoms with E-state index in [0.29, 0.717) is 24.5 Å². The van der Waals surface area contributed by atoms with Crippen molar-refractivity contribution in [2.24, 2.45) is 5.92 Å². The van der Waals surface area contributed by atoms with Crippen LogP contribution in [0.5, 0.6) is 5.75 Å². The maximum Gasteiger partial charge on any atom is 0.338 e. The molecule has 0 spiro atoms. The first-order valence-corrected chi connectivity index (χ1v) is 10.5. The first kappa shape index (κ1) is 22.8. The highest BCUT2D eigenvalue weighted by Gasteiger charge is 2.08. The fraction of sp³-hybridized carbons (Fsp3) is 0.185. The van der Waals surface area contributed by atoms with E-state index in [9.17, 15) is 9.59 Å². The number of esters is 1. The zero-order valence-electron chi connectivity index (χ0n) is 18.3. The summed E-state index contributed by atoms with van der Waals surface area (Å²) in [6.07, 6.45) is 3.19. The Morgan fingerprint density at radius 1 is 0.906 bits per heavy atom. The lowest BCUT2D eigenvalue weighted by molar-refractivity contribution is -0.111. The van der Waals surface area contributed by atoms with Crippen LogP contribution in [0, 0.1) is 5.92 Å². The third-order valence-electron chi connectivity index (χ3n) is 4.49. The highest BCUT2D eigenvalue weighted by molar-refractivity contribution is 6.02. The predicted octanol–water partition coefficient (Wildman–Crippen LogP) is 5.73. The number of benzene rings is 3. The summed E-state index contributed by atoms with van der Waals surface area (Å²) in [5.41, 5.74) is 3.04. The van der Waals surface area contributed by atoms with Crippen LogP contribution in [0.2, 0.25) is 0 Å². The standard InChI is InChI=1S/C27H27NO4/c1-20(2)18-32-27(30)23-11-13-24(14-12-23)28-26(29)17-10-21-8-15-25(16-9-21)31-19-22-6-4-3-5-7-22/h3-17,20H,18-19H2,1-2H3,(H,28,29)/b17-10+. The smallest absolute Gasteiger partial charge is 0.338 e. The summed E-state index contributed by atoms with van der Waals surface area (Å²) in [6, 6.07) is 24.1. The average Bonchev–Trinajstić information content (AvgIpc) is 2.81. The Morgan fingerprint density at radius 3 is 2.25 bits per heavy atom. The Labute approximate surface area is 188 Å². The monoisotopic (exact) mass is 429 g/mol. The van der Waals surface area contributed by atoms with Gasteiger partial charge in [-0.2, -0.15) is 0 Å². The van der Waals surface area contributed by atoms with Gasteiger partial charge in [-0.3, -0.25) is 4.79 Å². The van der Waals surface area contributed by atoms with E-state index in [0.717, 1.165) is 16.9 Å². The van der Waals surface area contributed by atoms with Crippen molar-refractivity contribution in [3.05, 3.63) is 102 Å². The molecular formula is C27H27NO4. The fourth-order valence-corrected chi connectivity index (χ4v) is 2.79. The van der Waals surface area contributed by atoms with Crippen molar-refractivity contribution < 1.29 is 19.1 Å². The molecule has 1 N–H and O–H groups in total. The molecule has 0 aliphatic carbocycles. The van der Waals surface area contributed by atoms with Gasteiger partial charge in [-0.25, -0.2) is 4.79 Å². The van der Waals surface area contributed by atoms with E-state index < -0.39 is 0 Å². The van der Waals surface area contributed by atoms with E-state index in [1.807, 2.05) is 68.4 Å². The van der Waals surface area contributed by atoms with Gasteiger partial charge in [0.05, 0.1) is 12.2 Å². The molecular weight excluding hydrogens is 402 g/mol. The summed E-state index contributed by atoms with van der Waals surface area (Å²) in [7, 11) is 0. The Balaban J connectivity index is 1.48. The molecule has 0 aromatic heterocycles. The van der Waals surface area contributed by atoms with Crippen molar-refractivity contribution in [1.29, 1.82) is 0 Å². The van der Waals surface area contributed by atoms with E-state index in [1.165, 1.54) is 6.08 Å². The molecule has 0 fully saturated rings. The van der Waals surface area contributed by atoms with Crippen molar-refractivity contribution in [3.63, 3.8) is 0 Å². The summed E-state index contributed by atoms with van der Waals surface area (Å²) >= 11 is 0. The molecule has 164 valence electrons. The van der Waals surface area contributed by atoms with Crippen molar-refractivity contribution in [3.8, 4) is 5.75 Å². The number of carbonyl (C=O) groups excluding carboxylic acids is 2. The number of hydrogen-bond donors (Lipinski definition) is 1. The van der Waals surface area contributed by atoms with Gasteiger partial charge in [0.25, 0.3) is 0 Å². The predicted molar refractivity (Wildman–Crippen MR) is 126 cm³/mol. The first-order valence-electron chi connectivity index (χ1n) is 10.5. The number of rotatable bonds is 9. The second kappa shape index (κ2) is 11.5. The SMILES string of the molecule is CC(C)COC(=O)c1ccc(NC(=O)/C=C/c2ccc(OCc3ccccc3)cc2)cc1. The lowest BCUT2D eigenvalue weighted by Crippen LogP contribution is -2.11. The number of amides is 1. The Kier molecular flexibility index (Phi) is 8.21. The summed E-state index contributed by atoms with van der Waals surface area (Å²) in [5, 5.41) is 2.78. The fourth-order valence-electron chi connectivity index (χ4n) is 2.79. The number of carbonyl (C=O) groups is 2. The van der Waals surface area contributed by atoms with Crippen LogP contribution in [0.15, 0.2) is 84.9 Å². The van der Waals surface area contributed by atoms with Crippen molar-refractivity contribution >= 4 is 23.6 Å². The largest absolute Gasteiger partial charge is 0.489 e. The summed E-state index contributed by atoms with van der Waals surface area (Å²) in [4.78, 5) is 24.1. The van der Waals surface area contributed by atoms with Gasteiger partial charge < -0.3 is 14.8 Å². The lowest BCUT2D eigenvalue weighted by atomic mass is 10.2. The molecule has 1 amide bonds. The van der Waals surface area contributed by atoms with E-state index in [1.54, 1.807) is 30.3 Å². The van der Waals surface area contributed by atoms with Crippen molar-refractivity contribution in [1.82, 2.24) is 0 Å². The van der Waals surface area contributed by atoms with E-state index in [2.05, 4.69) is 5.32 Å². The van der Waals surface area contributed by atoms with Gasteiger partial charge in [-0.15, -0.1) is 0 Å². The molecule has 0 aliphatic heterocycles. The molecule has 0 saturated heterocycles. The van der Waals surface area contributed by atoms with Crippen molar-refractivity contribution in [2.75, 3.05) is 11.9 Å². The van der Waals surface area contributed by atoms with Gasteiger partial charge >= 0.3 is 5.97 Å². The molecule has 0 heterocycles. The minimum Gasteiger partial charge on any atom is -0.489 e. The molecule has 32 heavy (non-hydrogen) atoms. The zero-order valence-corrected chi connectivity index (χ0v) is 18.3. The third kappa shape index (κ3) is 7.43. The second-order valence-corrected chi connectivity index (χ2v) is 7.74. The van der Waals surface area contributed by atoms with Gasteiger partial charge in [0.2, 0.25) is 5.91 Å². The zero-order chi connectivity index (χ0) is 22.8. The Bertz CT molecular complexity index is 1040. The van der Waals surface area contributed by atoms with Gasteiger partial charge in [0.15, 0.2) is 0 Å². The van der Waals surface area contributed by atoms with E-state index in [-0.39, 0.29) is 17.8 Å². The Hall–Kier alpha value is -3.86. The minimum absolute atomic E-state index is 0.260. The molecule has 0 aliphatic rings. The number of ether oxygens (including phenoxy) is 2. The minimum atomic E-state index is -0.368. The highest BCUT2D eigenvalue weighted by Crippen LogP contribution is 2.16. The maximum atomic E-state index is 12.2. The maximum absolute atomic E-state index is 12.2. The van der Waals surface area contributed by atoms with Crippen LogP contribution in [0.25, 0.3) is 6.08 Å². The average molecular weight is 430 g/mol. The topological polar surface area (TPSA) is 64.6 Å². The van der Waals surface area contributed by atoms with Crippen LogP contribution in [-0.4, -0.2) is 18.5 Å². The van der Waals surface area contributed by atoms with Crippen LogP contribution in [0.4, 0.5) is 5.69 Å². The van der Waals surface area contributed by atoms with Gasteiger partial charge in [-0.1, -0.05) is 56.3 Å². The van der Waals surface area contributed by atoms with E-state index >= 15 is 0 Å². The van der Waals surface area contributed by atoms with Crippen LogP contribution in [-0.2, 0) is 16.1 Å². The summed E-state index contributed by atoms with van der Waals surface area (Å²) < 4.78 is 11.0. The van der Waals surface area contributed by atoms with Crippen LogP contribution in [0.1, 0.15) is 35.3 Å². The highest BCUT2D eigenvalue weighted by atomic mass is 16.5. The molecule has 0 bridgehead atoms. The number of anilines is 1. The van der Waals surface area contributed by atoms with Gasteiger partial charge in [0, 0.05) is 11.8 Å².